The lowest BCUT2D eigenvalue weighted by atomic mass is 9.74. The molecule has 2 unspecified atom stereocenters. The molecule has 0 heterocycles. The lowest BCUT2D eigenvalue weighted by Crippen LogP contribution is -2.22. The third kappa shape index (κ3) is 6.39. The van der Waals surface area contributed by atoms with Gasteiger partial charge in [0.2, 0.25) is 0 Å². The molecule has 0 aliphatic heterocycles. The van der Waals surface area contributed by atoms with Crippen LogP contribution in [0.25, 0.3) is 0 Å². The zero-order valence-electron chi connectivity index (χ0n) is 17.0. The van der Waals surface area contributed by atoms with Crippen LogP contribution in [0.15, 0.2) is 47.7 Å². The summed E-state index contributed by atoms with van der Waals surface area (Å²) in [6.45, 7) is 10.1. The third-order valence-electron chi connectivity index (χ3n) is 5.15. The molecule has 150 valence electrons. The van der Waals surface area contributed by atoms with Gasteiger partial charge in [0.15, 0.2) is 0 Å². The van der Waals surface area contributed by atoms with Crippen molar-refractivity contribution in [2.24, 2.45) is 11.8 Å². The average Bonchev–Trinajstić information content (AvgIpc) is 2.70. The quantitative estimate of drug-likeness (QED) is 0.483. The van der Waals surface area contributed by atoms with Crippen LogP contribution in [0.4, 0.5) is 0 Å². The van der Waals surface area contributed by atoms with E-state index in [9.17, 15) is 0 Å². The molecule has 0 radical (unpaired) electrons. The molecule has 0 aromatic heterocycles. The number of alkyl halides is 1. The second-order valence-electron chi connectivity index (χ2n) is 8.14. The highest BCUT2D eigenvalue weighted by Crippen LogP contribution is 2.37. The number of ether oxygens (including phenoxy) is 2. The number of allylic oxidation sites excluding steroid dienone is 4. The van der Waals surface area contributed by atoms with E-state index in [4.69, 9.17) is 14.6 Å². The van der Waals surface area contributed by atoms with E-state index in [2.05, 4.69) is 61.0 Å². The minimum atomic E-state index is -0.0257. The van der Waals surface area contributed by atoms with Gasteiger partial charge in [0.05, 0.1) is 19.0 Å². The summed E-state index contributed by atoms with van der Waals surface area (Å²) >= 11 is 3.50. The van der Waals surface area contributed by atoms with Gasteiger partial charge in [0.1, 0.15) is 5.75 Å². The lowest BCUT2D eigenvalue weighted by Gasteiger charge is -2.31. The molecular weight excluding hydrogens is 404 g/mol. The van der Waals surface area contributed by atoms with Gasteiger partial charge < -0.3 is 14.6 Å². The van der Waals surface area contributed by atoms with Crippen molar-refractivity contribution in [2.45, 2.75) is 46.0 Å². The van der Waals surface area contributed by atoms with Crippen molar-refractivity contribution in [3.8, 4) is 5.75 Å². The van der Waals surface area contributed by atoms with Crippen molar-refractivity contribution in [3.05, 3.63) is 53.3 Å². The molecule has 1 N–H and O–H groups in total. The van der Waals surface area contributed by atoms with E-state index in [-0.39, 0.29) is 17.9 Å². The Hall–Kier alpha value is -1.26. The molecule has 3 nitrogen and oxygen atoms in total. The highest BCUT2D eigenvalue weighted by molar-refractivity contribution is 9.09. The molecule has 27 heavy (non-hydrogen) atoms. The van der Waals surface area contributed by atoms with Crippen molar-refractivity contribution in [1.29, 1.82) is 0 Å². The van der Waals surface area contributed by atoms with Gasteiger partial charge in [0.25, 0.3) is 0 Å². The number of hydrogen-bond acceptors (Lipinski definition) is 3. The summed E-state index contributed by atoms with van der Waals surface area (Å²) in [6.07, 6.45) is 6.35. The Balaban J connectivity index is 2.00. The molecule has 4 heteroatoms. The Morgan fingerprint density at radius 3 is 2.22 bits per heavy atom. The number of aliphatic hydroxyl groups excluding tert-OH is 1. The van der Waals surface area contributed by atoms with E-state index in [0.29, 0.717) is 12.5 Å². The van der Waals surface area contributed by atoms with Crippen molar-refractivity contribution < 1.29 is 14.6 Å². The van der Waals surface area contributed by atoms with Crippen molar-refractivity contribution in [2.75, 3.05) is 25.2 Å². The molecule has 2 rings (SSSR count). The van der Waals surface area contributed by atoms with E-state index in [1.807, 2.05) is 19.1 Å². The van der Waals surface area contributed by atoms with E-state index >= 15 is 0 Å². The van der Waals surface area contributed by atoms with Crippen molar-refractivity contribution in [3.63, 3.8) is 0 Å². The molecule has 2 atom stereocenters. The predicted octanol–water partition coefficient (Wildman–Crippen LogP) is 5.62. The van der Waals surface area contributed by atoms with Crippen LogP contribution in [-0.4, -0.2) is 30.3 Å². The fourth-order valence-corrected chi connectivity index (χ4v) is 3.18. The number of benzene rings is 1. The third-order valence-corrected chi connectivity index (χ3v) is 6.26. The normalized spacial score (nSPS) is 17.0. The van der Waals surface area contributed by atoms with Crippen LogP contribution < -0.4 is 4.74 Å². The van der Waals surface area contributed by atoms with Crippen LogP contribution in [0, 0.1) is 11.8 Å². The average molecular weight is 437 g/mol. The van der Waals surface area contributed by atoms with Gasteiger partial charge in [-0.25, -0.2) is 0 Å². The van der Waals surface area contributed by atoms with Gasteiger partial charge in [-0.15, -0.1) is 0 Å². The first-order chi connectivity index (χ1) is 12.9. The summed E-state index contributed by atoms with van der Waals surface area (Å²) in [4.78, 5) is 0. The maximum Gasteiger partial charge on any atom is 0.119 e. The molecular formula is C23H33BrO3. The highest BCUT2D eigenvalue weighted by atomic mass is 79.9. The van der Waals surface area contributed by atoms with Gasteiger partial charge in [-0.2, -0.15) is 0 Å². The summed E-state index contributed by atoms with van der Waals surface area (Å²) in [5.74, 6) is 2.61. The largest absolute Gasteiger partial charge is 0.498 e. The van der Waals surface area contributed by atoms with Crippen molar-refractivity contribution >= 4 is 15.9 Å². The molecule has 1 aromatic rings. The lowest BCUT2D eigenvalue weighted by molar-refractivity contribution is 0.171. The van der Waals surface area contributed by atoms with E-state index in [0.717, 1.165) is 36.3 Å². The van der Waals surface area contributed by atoms with Crippen LogP contribution in [-0.2, 0) is 10.2 Å². The molecule has 1 aliphatic rings. The SMILES string of the molecule is CC(CBr)COC1=CC=C(C(C)(C)c2ccc(OCC(C)CO)cc2)CC1. The maximum atomic E-state index is 9.10. The topological polar surface area (TPSA) is 38.7 Å². The fraction of sp³-hybridized carbons (Fsp3) is 0.565. The molecule has 0 amide bonds. The Morgan fingerprint density at radius 1 is 1.00 bits per heavy atom. The van der Waals surface area contributed by atoms with Gasteiger partial charge in [0, 0.05) is 29.7 Å². The van der Waals surface area contributed by atoms with E-state index < -0.39 is 0 Å². The second-order valence-corrected chi connectivity index (χ2v) is 8.79. The Bertz CT molecular complexity index is 646. The molecule has 0 saturated carbocycles. The molecule has 0 saturated heterocycles. The van der Waals surface area contributed by atoms with E-state index in [1.165, 1.54) is 11.1 Å². The van der Waals surface area contributed by atoms with Crippen LogP contribution in [0.3, 0.4) is 0 Å². The number of rotatable bonds is 10. The monoisotopic (exact) mass is 436 g/mol. The standard InChI is InChI=1S/C23H33BrO3/c1-17(13-24)15-26-21-9-5-19(6-10-21)23(3,4)20-7-11-22(12-8-20)27-16-18(2)14-25/h5,7-9,11-12,17-18,25H,6,10,13-16H2,1-4H3. The second kappa shape index (κ2) is 10.3. The van der Waals surface area contributed by atoms with E-state index in [1.54, 1.807) is 0 Å². The number of hydrogen-bond donors (Lipinski definition) is 1. The Kier molecular flexibility index (Phi) is 8.43. The van der Waals surface area contributed by atoms with Crippen LogP contribution in [0.5, 0.6) is 5.75 Å². The zero-order chi connectivity index (χ0) is 19.9. The van der Waals surface area contributed by atoms with Gasteiger partial charge >= 0.3 is 0 Å². The zero-order valence-corrected chi connectivity index (χ0v) is 18.6. The fourth-order valence-electron chi connectivity index (χ4n) is 3.00. The Labute approximate surface area is 172 Å². The number of halogens is 1. The highest BCUT2D eigenvalue weighted by Gasteiger charge is 2.27. The van der Waals surface area contributed by atoms with Crippen LogP contribution in [0.2, 0.25) is 0 Å². The van der Waals surface area contributed by atoms with Crippen molar-refractivity contribution in [1.82, 2.24) is 0 Å². The van der Waals surface area contributed by atoms with Crippen LogP contribution in [0.1, 0.15) is 46.1 Å². The molecule has 0 bridgehead atoms. The van der Waals surface area contributed by atoms with Gasteiger partial charge in [-0.3, -0.25) is 0 Å². The van der Waals surface area contributed by atoms with Crippen LogP contribution >= 0.6 is 15.9 Å². The summed E-state index contributed by atoms with van der Waals surface area (Å²) in [6, 6.07) is 8.34. The molecule has 0 fully saturated rings. The molecule has 1 aromatic carbocycles. The first-order valence-electron chi connectivity index (χ1n) is 9.80. The smallest absolute Gasteiger partial charge is 0.119 e. The molecule has 0 spiro atoms. The predicted molar refractivity (Wildman–Crippen MR) is 116 cm³/mol. The molecule has 1 aliphatic carbocycles. The summed E-state index contributed by atoms with van der Waals surface area (Å²) in [5, 5.41) is 10.1. The first-order valence-corrected chi connectivity index (χ1v) is 10.9. The van der Waals surface area contributed by atoms with Gasteiger partial charge in [-0.1, -0.05) is 67.4 Å². The summed E-state index contributed by atoms with van der Waals surface area (Å²) in [7, 11) is 0. The minimum Gasteiger partial charge on any atom is -0.498 e. The Morgan fingerprint density at radius 2 is 1.67 bits per heavy atom. The summed E-state index contributed by atoms with van der Waals surface area (Å²) < 4.78 is 11.7. The van der Waals surface area contributed by atoms with Gasteiger partial charge in [-0.05, 0) is 36.1 Å². The summed E-state index contributed by atoms with van der Waals surface area (Å²) in [5.41, 5.74) is 2.68. The number of aliphatic hydroxyl groups is 1. The minimum absolute atomic E-state index is 0.0257. The first kappa shape index (κ1) is 22.0. The maximum absolute atomic E-state index is 9.10.